The summed E-state index contributed by atoms with van der Waals surface area (Å²) in [7, 11) is 3.23. The minimum Gasteiger partial charge on any atom is -0.493 e. The van der Waals surface area contributed by atoms with E-state index in [2.05, 4.69) is 0 Å². The molecule has 204 valence electrons. The number of carbonyl (C=O) groups excluding carboxylic acids is 1. The highest BCUT2D eigenvalue weighted by atomic mass is 32.2. The lowest BCUT2D eigenvalue weighted by Gasteiger charge is -2.29. The van der Waals surface area contributed by atoms with Gasteiger partial charge in [-0.1, -0.05) is 30.0 Å². The predicted octanol–water partition coefficient (Wildman–Crippen LogP) is 5.71. The third-order valence-corrected chi connectivity index (χ3v) is 8.79. The second kappa shape index (κ2) is 10.9. The van der Waals surface area contributed by atoms with Gasteiger partial charge in [-0.3, -0.25) is 14.2 Å². The second-order valence-electron chi connectivity index (χ2n) is 9.44. The van der Waals surface area contributed by atoms with Crippen molar-refractivity contribution in [3.05, 3.63) is 87.2 Å². The molecule has 6 rings (SSSR count). The molecule has 3 aromatic heterocycles. The zero-order chi connectivity index (χ0) is 27.8. The Morgan fingerprint density at radius 2 is 1.82 bits per heavy atom. The zero-order valence-electron chi connectivity index (χ0n) is 22.3. The van der Waals surface area contributed by atoms with E-state index >= 15 is 0 Å². The van der Waals surface area contributed by atoms with Crippen molar-refractivity contribution in [1.29, 1.82) is 0 Å². The summed E-state index contributed by atoms with van der Waals surface area (Å²) < 4.78 is 18.3. The van der Waals surface area contributed by atoms with Gasteiger partial charge in [-0.15, -0.1) is 11.3 Å². The maximum absolute atomic E-state index is 14.0. The lowest BCUT2D eigenvalue weighted by molar-refractivity contribution is -0.129. The molecule has 0 radical (unpaired) electrons. The number of benzene rings is 2. The smallest absolute Gasteiger partial charge is 0.268 e. The molecule has 2 aromatic carbocycles. The first-order chi connectivity index (χ1) is 19.5. The molecule has 1 aliphatic heterocycles. The second-order valence-corrected chi connectivity index (χ2v) is 11.2. The van der Waals surface area contributed by atoms with E-state index in [4.69, 9.17) is 18.9 Å². The van der Waals surface area contributed by atoms with Gasteiger partial charge in [0.15, 0.2) is 16.7 Å². The standard InChI is InChI=1S/C30H27N3O5S2/c1-18-9-10-23(38-18)22-16-39-28-27(22)29(35)33(21-7-5-4-6-8-21)30(31-28)40-17-26(34)32-12-11-19-13-24(36-2)25(37-3)14-20(19)15-32/h4-10,13-14,16H,11-12,15,17H2,1-3H3. The number of amides is 1. The van der Waals surface area contributed by atoms with E-state index in [9.17, 15) is 9.59 Å². The van der Waals surface area contributed by atoms with Crippen molar-refractivity contribution in [2.75, 3.05) is 26.5 Å². The maximum Gasteiger partial charge on any atom is 0.268 e. The minimum atomic E-state index is -0.190. The number of methoxy groups -OCH3 is 2. The molecule has 0 unspecified atom stereocenters. The Morgan fingerprint density at radius 3 is 2.52 bits per heavy atom. The van der Waals surface area contributed by atoms with Crippen LogP contribution in [0.1, 0.15) is 16.9 Å². The van der Waals surface area contributed by atoms with Crippen molar-refractivity contribution in [2.24, 2.45) is 0 Å². The number of nitrogens with zero attached hydrogens (tertiary/aromatic N) is 3. The van der Waals surface area contributed by atoms with Gasteiger partial charge in [0, 0.05) is 24.0 Å². The molecule has 4 heterocycles. The van der Waals surface area contributed by atoms with Gasteiger partial charge in [-0.05, 0) is 60.9 Å². The third kappa shape index (κ3) is 4.77. The van der Waals surface area contributed by atoms with Gasteiger partial charge >= 0.3 is 0 Å². The summed E-state index contributed by atoms with van der Waals surface area (Å²) in [6.07, 6.45) is 0.731. The summed E-state index contributed by atoms with van der Waals surface area (Å²) >= 11 is 2.67. The number of aromatic nitrogens is 2. The first-order valence-corrected chi connectivity index (χ1v) is 14.6. The highest BCUT2D eigenvalue weighted by Gasteiger charge is 2.25. The Morgan fingerprint density at radius 1 is 1.07 bits per heavy atom. The fraction of sp³-hybridized carbons (Fsp3) is 0.233. The van der Waals surface area contributed by atoms with Crippen LogP contribution in [-0.4, -0.2) is 46.9 Å². The van der Waals surface area contributed by atoms with Crippen LogP contribution in [0.15, 0.2) is 74.3 Å². The van der Waals surface area contributed by atoms with Crippen LogP contribution in [-0.2, 0) is 17.8 Å². The van der Waals surface area contributed by atoms with Crippen LogP contribution in [0.2, 0.25) is 0 Å². The monoisotopic (exact) mass is 573 g/mol. The maximum atomic E-state index is 14.0. The highest BCUT2D eigenvalue weighted by molar-refractivity contribution is 7.99. The van der Waals surface area contributed by atoms with E-state index in [-0.39, 0.29) is 17.2 Å². The van der Waals surface area contributed by atoms with E-state index in [0.29, 0.717) is 51.4 Å². The normalized spacial score (nSPS) is 12.9. The molecule has 0 spiro atoms. The quantitative estimate of drug-likeness (QED) is 0.182. The highest BCUT2D eigenvalue weighted by Crippen LogP contribution is 2.35. The summed E-state index contributed by atoms with van der Waals surface area (Å²) in [5.41, 5.74) is 3.42. The molecule has 0 saturated heterocycles. The van der Waals surface area contributed by atoms with E-state index in [1.54, 1.807) is 18.8 Å². The largest absolute Gasteiger partial charge is 0.493 e. The summed E-state index contributed by atoms with van der Waals surface area (Å²) in [5.74, 6) is 2.89. The van der Waals surface area contributed by atoms with Crippen LogP contribution in [0, 0.1) is 6.92 Å². The van der Waals surface area contributed by atoms with Crippen LogP contribution in [0.4, 0.5) is 0 Å². The van der Waals surface area contributed by atoms with Crippen molar-refractivity contribution >= 4 is 39.2 Å². The number of ether oxygens (including phenoxy) is 2. The molecular weight excluding hydrogens is 546 g/mol. The fourth-order valence-corrected chi connectivity index (χ4v) is 6.83. The number of fused-ring (bicyclic) bond motifs is 2. The van der Waals surface area contributed by atoms with Crippen LogP contribution in [0.25, 0.3) is 27.2 Å². The van der Waals surface area contributed by atoms with Crippen molar-refractivity contribution in [3.63, 3.8) is 0 Å². The van der Waals surface area contributed by atoms with Gasteiger partial charge in [-0.25, -0.2) is 4.98 Å². The van der Waals surface area contributed by atoms with Crippen molar-refractivity contribution in [3.8, 4) is 28.5 Å². The van der Waals surface area contributed by atoms with Crippen molar-refractivity contribution in [2.45, 2.75) is 25.0 Å². The number of hydrogen-bond donors (Lipinski definition) is 0. The Labute approximate surface area is 239 Å². The predicted molar refractivity (Wildman–Crippen MR) is 157 cm³/mol. The van der Waals surface area contributed by atoms with E-state index in [0.717, 1.165) is 28.9 Å². The average Bonchev–Trinajstić information content (AvgIpc) is 3.61. The molecule has 0 atom stereocenters. The Balaban J connectivity index is 1.30. The fourth-order valence-electron chi connectivity index (χ4n) is 4.95. The molecule has 0 aliphatic carbocycles. The molecule has 0 fully saturated rings. The molecular formula is C30H27N3O5S2. The summed E-state index contributed by atoms with van der Waals surface area (Å²) in [6, 6.07) is 17.1. The first-order valence-electron chi connectivity index (χ1n) is 12.8. The number of thiophene rings is 1. The number of aryl methyl sites for hydroxylation is 1. The van der Waals surface area contributed by atoms with Crippen LogP contribution in [0.5, 0.6) is 11.5 Å². The minimum absolute atomic E-state index is 0.0164. The van der Waals surface area contributed by atoms with Crippen LogP contribution in [0.3, 0.4) is 0 Å². The third-order valence-electron chi connectivity index (χ3n) is 6.99. The van der Waals surface area contributed by atoms with Crippen LogP contribution >= 0.6 is 23.1 Å². The summed E-state index contributed by atoms with van der Waals surface area (Å²) in [5, 5.41) is 2.89. The molecule has 40 heavy (non-hydrogen) atoms. The number of hydrogen-bond acceptors (Lipinski definition) is 8. The topological polar surface area (TPSA) is 86.8 Å². The Kier molecular flexibility index (Phi) is 7.12. The van der Waals surface area contributed by atoms with Gasteiger partial charge < -0.3 is 18.8 Å². The van der Waals surface area contributed by atoms with Gasteiger partial charge in [0.25, 0.3) is 5.56 Å². The van der Waals surface area contributed by atoms with Gasteiger partial charge in [0.2, 0.25) is 5.91 Å². The number of para-hydroxylation sites is 1. The number of rotatable bonds is 7. The average molecular weight is 574 g/mol. The molecule has 8 nitrogen and oxygen atoms in total. The zero-order valence-corrected chi connectivity index (χ0v) is 23.9. The number of thioether (sulfide) groups is 1. The molecule has 10 heteroatoms. The van der Waals surface area contributed by atoms with Gasteiger partial charge in [0.1, 0.15) is 16.4 Å². The molecule has 1 amide bonds. The number of furan rings is 1. The van der Waals surface area contributed by atoms with E-state index in [1.165, 1.54) is 23.1 Å². The lowest BCUT2D eigenvalue weighted by atomic mass is 9.99. The van der Waals surface area contributed by atoms with E-state index < -0.39 is 0 Å². The SMILES string of the molecule is COc1cc2c(cc1OC)CN(C(=O)CSc1nc3scc(-c4ccc(C)o4)c3c(=O)n1-c1ccccc1)CC2. The Hall–Kier alpha value is -4.02. The first kappa shape index (κ1) is 26.2. The van der Waals surface area contributed by atoms with E-state index in [1.807, 2.05) is 71.8 Å². The Bertz CT molecular complexity index is 1770. The molecule has 5 aromatic rings. The van der Waals surface area contributed by atoms with Gasteiger partial charge in [-0.2, -0.15) is 0 Å². The van der Waals surface area contributed by atoms with Crippen molar-refractivity contribution < 1.29 is 18.7 Å². The van der Waals surface area contributed by atoms with Crippen LogP contribution < -0.4 is 15.0 Å². The molecule has 0 N–H and O–H groups in total. The lowest BCUT2D eigenvalue weighted by Crippen LogP contribution is -2.37. The summed E-state index contributed by atoms with van der Waals surface area (Å²) in [6.45, 7) is 2.97. The molecule has 0 bridgehead atoms. The molecule has 0 saturated carbocycles. The van der Waals surface area contributed by atoms with Gasteiger partial charge in [0.05, 0.1) is 31.0 Å². The number of carbonyl (C=O) groups is 1. The molecule has 1 aliphatic rings. The summed E-state index contributed by atoms with van der Waals surface area (Å²) in [4.78, 5) is 34.7. The van der Waals surface area contributed by atoms with Crippen molar-refractivity contribution in [1.82, 2.24) is 14.5 Å².